The number of phenolic OH excluding ortho intramolecular Hbond substituents is 2. The molecule has 0 amide bonds. The van der Waals surface area contributed by atoms with Crippen LogP contribution in [0.25, 0.3) is 21.7 Å². The molecule has 41 heavy (non-hydrogen) atoms. The van der Waals surface area contributed by atoms with Crippen molar-refractivity contribution in [1.29, 1.82) is 0 Å². The number of hydrogen-bond acceptors (Lipinski definition) is 6. The van der Waals surface area contributed by atoms with Gasteiger partial charge in [-0.3, -0.25) is 4.79 Å². The first-order chi connectivity index (χ1) is 20.0. The monoisotopic (exact) mass is 553 g/mol. The van der Waals surface area contributed by atoms with E-state index in [-0.39, 0.29) is 48.4 Å². The van der Waals surface area contributed by atoms with Crippen molar-refractivity contribution in [1.82, 2.24) is 4.98 Å². The molecule has 0 fully saturated rings. The molecule has 1 atom stereocenters. The lowest BCUT2D eigenvalue weighted by atomic mass is 9.90. The number of aliphatic hydroxyl groups is 1. The molecule has 2 heterocycles. The minimum Gasteiger partial charge on any atom is -0.664 e. The van der Waals surface area contributed by atoms with Crippen LogP contribution in [0.3, 0.4) is 0 Å². The topological polar surface area (TPSA) is 124 Å². The van der Waals surface area contributed by atoms with E-state index in [1.807, 2.05) is 24.4 Å². The van der Waals surface area contributed by atoms with Crippen molar-refractivity contribution < 1.29 is 34.3 Å². The third-order valence-corrected chi connectivity index (χ3v) is 7.65. The number of ketones is 1. The van der Waals surface area contributed by atoms with Gasteiger partial charge in [0.15, 0.2) is 17.1 Å². The third kappa shape index (κ3) is 4.80. The van der Waals surface area contributed by atoms with Crippen LogP contribution >= 0.6 is 0 Å². The van der Waals surface area contributed by atoms with Crippen molar-refractivity contribution in [3.05, 3.63) is 89.1 Å². The van der Waals surface area contributed by atoms with Gasteiger partial charge in [-0.1, -0.05) is 48.5 Å². The zero-order chi connectivity index (χ0) is 28.5. The summed E-state index contributed by atoms with van der Waals surface area (Å²) in [5.41, 5.74) is 3.65. The molecule has 4 aromatic carbocycles. The average Bonchev–Trinajstić information content (AvgIpc) is 3.47. The Balaban J connectivity index is 1.44. The highest BCUT2D eigenvalue weighted by molar-refractivity contribution is 6.07. The summed E-state index contributed by atoms with van der Waals surface area (Å²) in [4.78, 5) is 15.8. The molecule has 5 aromatic rings. The number of benzene rings is 4. The molecule has 8 nitrogen and oxygen atoms in total. The zero-order valence-corrected chi connectivity index (χ0v) is 22.6. The highest BCUT2D eigenvalue weighted by Crippen LogP contribution is 2.52. The van der Waals surface area contributed by atoms with Gasteiger partial charge in [0, 0.05) is 18.6 Å². The molecular formula is C33H31NO7. The van der Waals surface area contributed by atoms with Crippen molar-refractivity contribution in [3.8, 4) is 28.7 Å². The SMILES string of the molecule is COc1c(O)c(CCc2cccc3c2ccc2[n-]ccc23)c2c(c1OCCCO)C(=[OH+])CC(c1ccc(O)cc1)O2. The van der Waals surface area contributed by atoms with E-state index in [9.17, 15) is 20.1 Å². The highest BCUT2D eigenvalue weighted by atomic mass is 16.5. The first-order valence-corrected chi connectivity index (χ1v) is 13.6. The van der Waals surface area contributed by atoms with Gasteiger partial charge in [0.25, 0.3) is 0 Å². The fraction of sp³-hybridized carbons (Fsp3) is 0.242. The van der Waals surface area contributed by atoms with Gasteiger partial charge < -0.3 is 34.5 Å². The average molecular weight is 554 g/mol. The molecule has 0 saturated heterocycles. The van der Waals surface area contributed by atoms with Gasteiger partial charge >= 0.3 is 5.78 Å². The van der Waals surface area contributed by atoms with E-state index in [4.69, 9.17) is 14.2 Å². The molecular weight excluding hydrogens is 522 g/mol. The Morgan fingerprint density at radius 1 is 0.951 bits per heavy atom. The Hall–Kier alpha value is -4.69. The number of fused-ring (bicyclic) bond motifs is 4. The van der Waals surface area contributed by atoms with Crippen LogP contribution in [0.4, 0.5) is 0 Å². The lowest BCUT2D eigenvalue weighted by Crippen LogP contribution is -2.24. The lowest BCUT2D eigenvalue weighted by Gasteiger charge is -2.28. The molecule has 0 radical (unpaired) electrons. The Kier molecular flexibility index (Phi) is 7.15. The number of aromatic nitrogens is 1. The van der Waals surface area contributed by atoms with Crippen LogP contribution in [0.1, 0.15) is 41.2 Å². The van der Waals surface area contributed by atoms with E-state index >= 15 is 0 Å². The standard InChI is InChI=1S/C33H30NO7/c1-39-33-30(38)25(11-8-19-4-2-5-23-22(19)12-13-26-24(23)14-15-34-26)31-29(32(33)40-17-3-16-35)27(37)18-28(41-31)20-6-9-21(36)10-7-20/h2,4-7,9-10,12-15,28,35-36H,3,8,11,16-18H2,1H3,(H,37,38)/q-1/p+1. The van der Waals surface area contributed by atoms with E-state index in [1.54, 1.807) is 24.3 Å². The Morgan fingerprint density at radius 3 is 2.56 bits per heavy atom. The molecule has 210 valence electrons. The number of methoxy groups -OCH3 is 1. The van der Waals surface area contributed by atoms with Gasteiger partial charge in [-0.15, -0.1) is 5.52 Å². The third-order valence-electron chi connectivity index (χ3n) is 7.65. The maximum atomic E-state index is 11.5. The number of aliphatic hydroxyl groups excluding tert-OH is 1. The van der Waals surface area contributed by atoms with E-state index in [2.05, 4.69) is 23.2 Å². The number of hydrogen-bond donors (Lipinski definition) is 3. The van der Waals surface area contributed by atoms with Crippen molar-refractivity contribution in [2.24, 2.45) is 0 Å². The molecule has 0 aliphatic carbocycles. The van der Waals surface area contributed by atoms with Crippen molar-refractivity contribution in [2.45, 2.75) is 31.8 Å². The second kappa shape index (κ2) is 11.1. The summed E-state index contributed by atoms with van der Waals surface area (Å²) >= 11 is 0. The molecule has 1 aromatic heterocycles. The predicted molar refractivity (Wildman–Crippen MR) is 156 cm³/mol. The molecule has 1 aliphatic heterocycles. The summed E-state index contributed by atoms with van der Waals surface area (Å²) in [6.45, 7) is 0.0929. The number of aromatic hydroxyl groups is 2. The number of carbonyl (C=O) groups excluding carboxylic acids is 1. The smallest absolute Gasteiger partial charge is 0.335 e. The highest BCUT2D eigenvalue weighted by Gasteiger charge is 2.40. The summed E-state index contributed by atoms with van der Waals surface area (Å²) in [6, 6.07) is 18.9. The van der Waals surface area contributed by atoms with Crippen LogP contribution < -0.4 is 19.2 Å². The predicted octanol–water partition coefficient (Wildman–Crippen LogP) is 5.33. The molecule has 0 saturated carbocycles. The number of aryl methyl sites for hydroxylation is 1. The Labute approximate surface area is 236 Å². The Morgan fingerprint density at radius 2 is 1.78 bits per heavy atom. The fourth-order valence-corrected chi connectivity index (χ4v) is 5.64. The second-order valence-electron chi connectivity index (χ2n) is 10.1. The molecule has 6 rings (SSSR count). The minimum atomic E-state index is -0.546. The maximum absolute atomic E-state index is 11.5. The number of phenols is 2. The van der Waals surface area contributed by atoms with Crippen molar-refractivity contribution >= 4 is 27.5 Å². The van der Waals surface area contributed by atoms with Crippen molar-refractivity contribution in [2.75, 3.05) is 20.3 Å². The van der Waals surface area contributed by atoms with E-state index < -0.39 is 6.10 Å². The van der Waals surface area contributed by atoms with Gasteiger partial charge in [-0.25, -0.2) is 0 Å². The van der Waals surface area contributed by atoms with Gasteiger partial charge in [0.05, 0.1) is 13.7 Å². The van der Waals surface area contributed by atoms with E-state index in [1.165, 1.54) is 7.11 Å². The minimum absolute atomic E-state index is 0.0409. The van der Waals surface area contributed by atoms with Crippen LogP contribution in [0.2, 0.25) is 0 Å². The quantitative estimate of drug-likeness (QED) is 0.166. The maximum Gasteiger partial charge on any atom is 0.335 e. The molecule has 8 heteroatoms. The van der Waals surface area contributed by atoms with Gasteiger partial charge in [-0.2, -0.15) is 6.20 Å². The first-order valence-electron chi connectivity index (χ1n) is 13.6. The number of rotatable bonds is 9. The van der Waals surface area contributed by atoms with Crippen LogP contribution in [0.5, 0.6) is 28.7 Å². The van der Waals surface area contributed by atoms with Crippen LogP contribution in [0, 0.1) is 0 Å². The van der Waals surface area contributed by atoms with Gasteiger partial charge in [0.1, 0.15) is 24.0 Å². The number of ether oxygens (including phenoxy) is 3. The van der Waals surface area contributed by atoms with Crippen molar-refractivity contribution in [3.63, 3.8) is 0 Å². The summed E-state index contributed by atoms with van der Waals surface area (Å²) < 4.78 is 18.0. The second-order valence-corrected chi connectivity index (χ2v) is 10.1. The lowest BCUT2D eigenvalue weighted by molar-refractivity contribution is 0.192. The van der Waals surface area contributed by atoms with E-state index in [0.717, 1.165) is 32.8 Å². The molecule has 4 N–H and O–H groups in total. The zero-order valence-electron chi connectivity index (χ0n) is 22.6. The summed E-state index contributed by atoms with van der Waals surface area (Å²) in [6.07, 6.45) is 2.77. The largest absolute Gasteiger partial charge is 0.664 e. The van der Waals surface area contributed by atoms with Crippen LogP contribution in [-0.2, 0) is 12.8 Å². The molecule has 1 aliphatic rings. The van der Waals surface area contributed by atoms with E-state index in [0.29, 0.717) is 36.1 Å². The molecule has 0 bridgehead atoms. The summed E-state index contributed by atoms with van der Waals surface area (Å²) in [5, 5.41) is 33.9. The number of nitrogens with zero attached hydrogens (tertiary/aromatic N) is 1. The van der Waals surface area contributed by atoms with Crippen LogP contribution in [0.15, 0.2) is 66.9 Å². The summed E-state index contributed by atoms with van der Waals surface area (Å²) in [5.74, 6) is 0.664. The Bertz CT molecular complexity index is 1740. The normalized spacial score (nSPS) is 14.7. The fourth-order valence-electron chi connectivity index (χ4n) is 5.64. The first kappa shape index (κ1) is 26.5. The molecule has 1 unspecified atom stereocenters. The molecule has 0 spiro atoms. The summed E-state index contributed by atoms with van der Waals surface area (Å²) in [7, 11) is 1.44. The van der Waals surface area contributed by atoms with Crippen LogP contribution in [-0.4, -0.2) is 46.2 Å². The van der Waals surface area contributed by atoms with Gasteiger partial charge in [0.2, 0.25) is 5.75 Å². The van der Waals surface area contributed by atoms with Gasteiger partial charge in [-0.05, 0) is 52.3 Å².